The van der Waals surface area contributed by atoms with Crippen molar-refractivity contribution in [1.82, 2.24) is 15.1 Å². The maximum atomic E-state index is 13.3. The van der Waals surface area contributed by atoms with Crippen LogP contribution in [0.2, 0.25) is 0 Å². The first-order valence-corrected chi connectivity index (χ1v) is 10.5. The van der Waals surface area contributed by atoms with Gasteiger partial charge in [0.15, 0.2) is 0 Å². The number of nitrogens with zero attached hydrogens (tertiary/aromatic N) is 2. The smallest absolute Gasteiger partial charge is 0.255 e. The highest BCUT2D eigenvalue weighted by atomic mass is 16.5. The number of aliphatic hydroxyl groups is 1. The Balaban J connectivity index is 1.73. The molecule has 0 unspecified atom stereocenters. The molecule has 1 aromatic heterocycles. The molecule has 1 aliphatic carbocycles. The number of carbonyl (C=O) groups excluding carboxylic acids is 1. The van der Waals surface area contributed by atoms with Crippen molar-refractivity contribution in [3.63, 3.8) is 0 Å². The van der Waals surface area contributed by atoms with Crippen LogP contribution in [0.25, 0.3) is 16.9 Å². The van der Waals surface area contributed by atoms with Crippen molar-refractivity contribution in [2.75, 3.05) is 14.2 Å². The predicted octanol–water partition coefficient (Wildman–Crippen LogP) is 3.59. The van der Waals surface area contributed by atoms with Crippen LogP contribution < -0.4 is 14.8 Å². The molecular weight excluding hydrogens is 394 g/mol. The molecule has 3 aromatic rings. The Labute approximate surface area is 181 Å². The predicted molar refractivity (Wildman–Crippen MR) is 118 cm³/mol. The zero-order valence-corrected chi connectivity index (χ0v) is 17.7. The molecule has 1 aliphatic rings. The molecule has 0 radical (unpaired) electrons. The summed E-state index contributed by atoms with van der Waals surface area (Å²) in [6.45, 7) is 0. The van der Waals surface area contributed by atoms with E-state index in [4.69, 9.17) is 14.6 Å². The number of aliphatic hydroxyl groups excluding tert-OH is 1. The summed E-state index contributed by atoms with van der Waals surface area (Å²) in [4.78, 5) is 13.3. The maximum absolute atomic E-state index is 13.3. The molecule has 1 saturated carbocycles. The second-order valence-corrected chi connectivity index (χ2v) is 7.72. The Hall–Kier alpha value is -3.32. The minimum absolute atomic E-state index is 0.0431. The van der Waals surface area contributed by atoms with Crippen LogP contribution >= 0.6 is 0 Å². The van der Waals surface area contributed by atoms with E-state index >= 15 is 0 Å². The van der Waals surface area contributed by atoms with Crippen molar-refractivity contribution >= 4 is 5.91 Å². The van der Waals surface area contributed by atoms with Crippen LogP contribution in [0.15, 0.2) is 54.7 Å². The van der Waals surface area contributed by atoms with Crippen molar-refractivity contribution in [1.29, 1.82) is 0 Å². The number of methoxy groups -OCH3 is 2. The second-order valence-electron chi connectivity index (χ2n) is 7.72. The van der Waals surface area contributed by atoms with Gasteiger partial charge in [-0.3, -0.25) is 4.79 Å². The maximum Gasteiger partial charge on any atom is 0.255 e. The van der Waals surface area contributed by atoms with Gasteiger partial charge in [0.1, 0.15) is 17.2 Å². The number of nitrogens with one attached hydrogen (secondary N) is 1. The van der Waals surface area contributed by atoms with E-state index in [1.807, 2.05) is 42.5 Å². The minimum atomic E-state index is -0.270. The first-order chi connectivity index (χ1) is 15.1. The quantitative estimate of drug-likeness (QED) is 0.635. The van der Waals surface area contributed by atoms with Crippen molar-refractivity contribution < 1.29 is 19.4 Å². The zero-order valence-electron chi connectivity index (χ0n) is 17.7. The first-order valence-electron chi connectivity index (χ1n) is 10.5. The van der Waals surface area contributed by atoms with Gasteiger partial charge in [-0.25, -0.2) is 4.68 Å². The molecule has 31 heavy (non-hydrogen) atoms. The van der Waals surface area contributed by atoms with E-state index in [0.717, 1.165) is 18.5 Å². The highest BCUT2D eigenvalue weighted by Gasteiger charge is 2.25. The van der Waals surface area contributed by atoms with E-state index in [2.05, 4.69) is 5.32 Å². The number of amides is 1. The lowest BCUT2D eigenvalue weighted by Crippen LogP contribution is -2.38. The van der Waals surface area contributed by atoms with Gasteiger partial charge in [-0.2, -0.15) is 5.10 Å². The number of aromatic nitrogens is 2. The fourth-order valence-corrected chi connectivity index (χ4v) is 3.93. The Morgan fingerprint density at radius 3 is 2.48 bits per heavy atom. The zero-order chi connectivity index (χ0) is 21.8. The van der Waals surface area contributed by atoms with Crippen molar-refractivity contribution in [3.05, 3.63) is 60.3 Å². The molecule has 7 heteroatoms. The van der Waals surface area contributed by atoms with E-state index < -0.39 is 0 Å². The molecule has 2 N–H and O–H groups in total. The summed E-state index contributed by atoms with van der Waals surface area (Å²) in [5.41, 5.74) is 2.58. The van der Waals surface area contributed by atoms with Gasteiger partial charge in [-0.1, -0.05) is 18.2 Å². The van der Waals surface area contributed by atoms with Crippen molar-refractivity contribution in [3.8, 4) is 28.4 Å². The normalized spacial score (nSPS) is 18.4. The van der Waals surface area contributed by atoms with Gasteiger partial charge >= 0.3 is 0 Å². The molecule has 0 aliphatic heterocycles. The van der Waals surface area contributed by atoms with Crippen LogP contribution in [-0.2, 0) is 0 Å². The van der Waals surface area contributed by atoms with Crippen molar-refractivity contribution in [2.24, 2.45) is 0 Å². The molecule has 1 amide bonds. The Morgan fingerprint density at radius 2 is 1.81 bits per heavy atom. The fourth-order valence-electron chi connectivity index (χ4n) is 3.93. The highest BCUT2D eigenvalue weighted by molar-refractivity contribution is 6.00. The van der Waals surface area contributed by atoms with E-state index in [0.29, 0.717) is 41.2 Å². The number of para-hydroxylation sites is 1. The molecule has 4 rings (SSSR count). The Kier molecular flexibility index (Phi) is 6.23. The number of rotatable bonds is 6. The number of ether oxygens (including phenoxy) is 2. The van der Waals surface area contributed by atoms with Crippen LogP contribution in [-0.4, -0.2) is 47.2 Å². The molecule has 0 saturated heterocycles. The lowest BCUT2D eigenvalue weighted by atomic mass is 9.93. The topological polar surface area (TPSA) is 85.6 Å². The molecule has 2 aromatic carbocycles. The van der Waals surface area contributed by atoms with Crippen molar-refractivity contribution in [2.45, 2.75) is 37.8 Å². The number of hydrogen-bond donors (Lipinski definition) is 2. The van der Waals surface area contributed by atoms with Gasteiger partial charge < -0.3 is 19.9 Å². The lowest BCUT2D eigenvalue weighted by Gasteiger charge is -2.26. The van der Waals surface area contributed by atoms with Crippen LogP contribution in [0.1, 0.15) is 36.0 Å². The van der Waals surface area contributed by atoms with E-state index in [9.17, 15) is 9.90 Å². The van der Waals surface area contributed by atoms with E-state index in [-0.39, 0.29) is 18.1 Å². The summed E-state index contributed by atoms with van der Waals surface area (Å²) in [7, 11) is 3.18. The van der Waals surface area contributed by atoms with Crippen LogP contribution in [0, 0.1) is 0 Å². The summed E-state index contributed by atoms with van der Waals surface area (Å²) in [5.74, 6) is 1.05. The summed E-state index contributed by atoms with van der Waals surface area (Å²) < 4.78 is 12.6. The second kappa shape index (κ2) is 9.22. The third-order valence-corrected chi connectivity index (χ3v) is 5.68. The third-order valence-electron chi connectivity index (χ3n) is 5.68. The van der Waals surface area contributed by atoms with Gasteiger partial charge in [0.05, 0.1) is 31.6 Å². The summed E-state index contributed by atoms with van der Waals surface area (Å²) >= 11 is 0. The number of benzene rings is 2. The van der Waals surface area contributed by atoms with Crippen LogP contribution in [0.3, 0.4) is 0 Å². The fraction of sp³-hybridized carbons (Fsp3) is 0.333. The SMILES string of the molecule is COc1ccc(-c2nn(-c3ccccc3)cc2C(=O)NC2CCC(O)CC2)c(OC)c1. The molecule has 1 fully saturated rings. The molecule has 7 nitrogen and oxygen atoms in total. The van der Waals surface area contributed by atoms with E-state index in [1.54, 1.807) is 31.2 Å². The summed E-state index contributed by atoms with van der Waals surface area (Å²) in [6, 6.07) is 15.2. The third kappa shape index (κ3) is 4.56. The summed E-state index contributed by atoms with van der Waals surface area (Å²) in [5, 5.41) is 17.6. The Bertz CT molecular complexity index is 1040. The number of hydrogen-bond acceptors (Lipinski definition) is 5. The minimum Gasteiger partial charge on any atom is -0.497 e. The van der Waals surface area contributed by atoms with Crippen LogP contribution in [0.4, 0.5) is 0 Å². The number of carbonyl (C=O) groups is 1. The monoisotopic (exact) mass is 421 g/mol. The van der Waals surface area contributed by atoms with E-state index in [1.165, 1.54) is 0 Å². The largest absolute Gasteiger partial charge is 0.497 e. The molecule has 0 bridgehead atoms. The molecule has 0 atom stereocenters. The van der Waals surface area contributed by atoms with Gasteiger partial charge in [0.2, 0.25) is 0 Å². The Morgan fingerprint density at radius 1 is 1.06 bits per heavy atom. The molecule has 162 valence electrons. The van der Waals surface area contributed by atoms with Gasteiger partial charge in [-0.05, 0) is 49.9 Å². The lowest BCUT2D eigenvalue weighted by molar-refractivity contribution is 0.0868. The average molecular weight is 421 g/mol. The standard InChI is InChI=1S/C24H27N3O4/c1-30-19-12-13-20(22(14-19)31-2)23-21(15-27(26-23)17-6-4-3-5-7-17)24(29)25-16-8-10-18(28)11-9-16/h3-7,12-16,18,28H,8-11H2,1-2H3,(H,25,29). The first kappa shape index (κ1) is 20.9. The van der Waals surface area contributed by atoms with Gasteiger partial charge in [0.25, 0.3) is 5.91 Å². The summed E-state index contributed by atoms with van der Waals surface area (Å²) in [6.07, 6.45) is 4.41. The average Bonchev–Trinajstić information content (AvgIpc) is 3.26. The van der Waals surface area contributed by atoms with Gasteiger partial charge in [-0.15, -0.1) is 0 Å². The van der Waals surface area contributed by atoms with Crippen LogP contribution in [0.5, 0.6) is 11.5 Å². The molecule has 1 heterocycles. The van der Waals surface area contributed by atoms with Gasteiger partial charge in [0, 0.05) is 23.9 Å². The molecule has 0 spiro atoms. The molecular formula is C24H27N3O4. The highest BCUT2D eigenvalue weighted by Crippen LogP contribution is 2.35.